The van der Waals surface area contributed by atoms with E-state index < -0.39 is 0 Å². The molecule has 18 heavy (non-hydrogen) atoms. The maximum atomic E-state index is 11.9. The zero-order valence-electron chi connectivity index (χ0n) is 10.9. The monoisotopic (exact) mass is 247 g/mol. The molecule has 1 aromatic heterocycles. The van der Waals surface area contributed by atoms with Crippen molar-refractivity contribution < 1.29 is 4.79 Å². The number of nitrogen functional groups attached to an aromatic ring is 1. The van der Waals surface area contributed by atoms with E-state index in [-0.39, 0.29) is 5.91 Å². The van der Waals surface area contributed by atoms with Crippen LogP contribution in [0.15, 0.2) is 18.3 Å². The van der Waals surface area contributed by atoms with Crippen LogP contribution in [0.4, 0.5) is 5.82 Å². The molecule has 0 spiro atoms. The molecular formula is C14H21N3O. The molecule has 1 heterocycles. The highest BCUT2D eigenvalue weighted by Gasteiger charge is 2.18. The van der Waals surface area contributed by atoms with Gasteiger partial charge >= 0.3 is 0 Å². The van der Waals surface area contributed by atoms with Gasteiger partial charge in [0, 0.05) is 12.7 Å². The van der Waals surface area contributed by atoms with Gasteiger partial charge in [-0.05, 0) is 36.8 Å². The first-order chi connectivity index (χ1) is 8.65. The minimum atomic E-state index is -0.0545. The maximum absolute atomic E-state index is 11.9. The Bertz CT molecular complexity index is 394. The summed E-state index contributed by atoms with van der Waals surface area (Å²) in [5.41, 5.74) is 6.07. The van der Waals surface area contributed by atoms with Crippen LogP contribution in [0.25, 0.3) is 0 Å². The second-order valence-electron chi connectivity index (χ2n) is 5.31. The Labute approximate surface area is 108 Å². The highest BCUT2D eigenvalue weighted by atomic mass is 16.1. The molecular weight excluding hydrogens is 226 g/mol. The van der Waals surface area contributed by atoms with Crippen molar-refractivity contribution in [1.29, 1.82) is 0 Å². The number of carbonyl (C=O) groups excluding carboxylic acids is 1. The molecule has 98 valence electrons. The number of rotatable bonds is 3. The second kappa shape index (κ2) is 5.85. The largest absolute Gasteiger partial charge is 0.384 e. The number of anilines is 1. The van der Waals surface area contributed by atoms with Crippen LogP contribution in [0.3, 0.4) is 0 Å². The van der Waals surface area contributed by atoms with Gasteiger partial charge in [-0.2, -0.15) is 0 Å². The number of aromatic nitrogens is 1. The van der Waals surface area contributed by atoms with Crippen LogP contribution in [0, 0.1) is 11.8 Å². The second-order valence-corrected chi connectivity index (χ2v) is 5.31. The van der Waals surface area contributed by atoms with Crippen molar-refractivity contribution in [3.63, 3.8) is 0 Å². The fraction of sp³-hybridized carbons (Fsp3) is 0.571. The first-order valence-corrected chi connectivity index (χ1v) is 6.65. The van der Waals surface area contributed by atoms with E-state index in [1.165, 1.54) is 31.9 Å². The van der Waals surface area contributed by atoms with Gasteiger partial charge in [0.1, 0.15) is 5.82 Å². The molecule has 2 rings (SSSR count). The summed E-state index contributed by atoms with van der Waals surface area (Å²) in [6, 6.07) is 3.36. The molecule has 1 amide bonds. The molecule has 0 atom stereocenters. The number of nitrogens with one attached hydrogen (secondary N) is 1. The van der Waals surface area contributed by atoms with E-state index in [0.29, 0.717) is 17.3 Å². The predicted octanol–water partition coefficient (Wildman–Crippen LogP) is 2.22. The number of carbonyl (C=O) groups is 1. The van der Waals surface area contributed by atoms with Gasteiger partial charge in [-0.1, -0.05) is 19.8 Å². The number of hydrogen-bond donors (Lipinski definition) is 2. The molecule has 1 aliphatic carbocycles. The fourth-order valence-electron chi connectivity index (χ4n) is 2.41. The molecule has 0 radical (unpaired) electrons. The van der Waals surface area contributed by atoms with E-state index >= 15 is 0 Å². The van der Waals surface area contributed by atoms with Gasteiger partial charge < -0.3 is 11.1 Å². The Morgan fingerprint density at radius 3 is 2.72 bits per heavy atom. The number of hydrogen-bond acceptors (Lipinski definition) is 3. The summed E-state index contributed by atoms with van der Waals surface area (Å²) >= 11 is 0. The van der Waals surface area contributed by atoms with E-state index in [2.05, 4.69) is 17.2 Å². The summed E-state index contributed by atoms with van der Waals surface area (Å²) in [7, 11) is 0. The Balaban J connectivity index is 1.79. The summed E-state index contributed by atoms with van der Waals surface area (Å²) in [5, 5.41) is 2.98. The van der Waals surface area contributed by atoms with Crippen molar-refractivity contribution in [2.24, 2.45) is 11.8 Å². The standard InChI is InChI=1S/C14H21N3O/c1-10-2-4-11(5-3-10)8-17-14(18)12-6-7-13(15)16-9-12/h6-7,9-11H,2-5,8H2,1H3,(H2,15,16)(H,17,18). The zero-order valence-corrected chi connectivity index (χ0v) is 10.9. The van der Waals surface area contributed by atoms with Crippen LogP contribution in [0.5, 0.6) is 0 Å². The molecule has 1 saturated carbocycles. The van der Waals surface area contributed by atoms with Crippen LogP contribution in [0.1, 0.15) is 43.0 Å². The fourth-order valence-corrected chi connectivity index (χ4v) is 2.41. The zero-order chi connectivity index (χ0) is 13.0. The summed E-state index contributed by atoms with van der Waals surface area (Å²) in [6.45, 7) is 3.07. The number of amides is 1. The SMILES string of the molecule is CC1CCC(CNC(=O)c2ccc(N)nc2)CC1. The lowest BCUT2D eigenvalue weighted by Gasteiger charge is -2.26. The quantitative estimate of drug-likeness (QED) is 0.860. The van der Waals surface area contributed by atoms with Crippen LogP contribution < -0.4 is 11.1 Å². The van der Waals surface area contributed by atoms with Gasteiger partial charge in [0.05, 0.1) is 5.56 Å². The summed E-state index contributed by atoms with van der Waals surface area (Å²) in [5.74, 6) is 1.86. The van der Waals surface area contributed by atoms with Crippen molar-refractivity contribution in [2.45, 2.75) is 32.6 Å². The maximum Gasteiger partial charge on any atom is 0.252 e. The molecule has 1 fully saturated rings. The molecule has 1 aromatic rings. The van der Waals surface area contributed by atoms with Gasteiger partial charge in [0.15, 0.2) is 0 Å². The predicted molar refractivity (Wildman–Crippen MR) is 72.1 cm³/mol. The average molecular weight is 247 g/mol. The van der Waals surface area contributed by atoms with Gasteiger partial charge in [0.2, 0.25) is 0 Å². The van der Waals surface area contributed by atoms with Crippen LogP contribution in [0.2, 0.25) is 0 Å². The van der Waals surface area contributed by atoms with E-state index in [1.54, 1.807) is 12.1 Å². The first kappa shape index (κ1) is 12.9. The smallest absolute Gasteiger partial charge is 0.252 e. The van der Waals surface area contributed by atoms with Crippen molar-refractivity contribution in [2.75, 3.05) is 12.3 Å². The van der Waals surface area contributed by atoms with E-state index in [0.717, 1.165) is 12.5 Å². The van der Waals surface area contributed by atoms with Crippen LogP contribution in [-0.2, 0) is 0 Å². The van der Waals surface area contributed by atoms with E-state index in [9.17, 15) is 4.79 Å². The third-order valence-electron chi connectivity index (χ3n) is 3.74. The van der Waals surface area contributed by atoms with Gasteiger partial charge in [-0.3, -0.25) is 4.79 Å². The van der Waals surface area contributed by atoms with E-state index in [1.807, 2.05) is 0 Å². The summed E-state index contributed by atoms with van der Waals surface area (Å²) in [6.07, 6.45) is 6.53. The molecule has 3 N–H and O–H groups in total. The molecule has 4 nitrogen and oxygen atoms in total. The third-order valence-corrected chi connectivity index (χ3v) is 3.74. The van der Waals surface area contributed by atoms with Gasteiger partial charge in [0.25, 0.3) is 5.91 Å². The third kappa shape index (κ3) is 3.45. The lowest BCUT2D eigenvalue weighted by Crippen LogP contribution is -2.31. The minimum absolute atomic E-state index is 0.0545. The lowest BCUT2D eigenvalue weighted by molar-refractivity contribution is 0.0941. The van der Waals surface area contributed by atoms with Crippen LogP contribution in [-0.4, -0.2) is 17.4 Å². The summed E-state index contributed by atoms with van der Waals surface area (Å²) in [4.78, 5) is 15.8. The molecule has 0 unspecified atom stereocenters. The lowest BCUT2D eigenvalue weighted by atomic mass is 9.83. The Morgan fingerprint density at radius 1 is 1.39 bits per heavy atom. The Hall–Kier alpha value is -1.58. The van der Waals surface area contributed by atoms with Crippen molar-refractivity contribution in [3.05, 3.63) is 23.9 Å². The van der Waals surface area contributed by atoms with Crippen LogP contribution >= 0.6 is 0 Å². The molecule has 0 saturated heterocycles. The van der Waals surface area contributed by atoms with Gasteiger partial charge in [-0.15, -0.1) is 0 Å². The Kier molecular flexibility index (Phi) is 4.18. The topological polar surface area (TPSA) is 68.0 Å². The Morgan fingerprint density at radius 2 is 2.11 bits per heavy atom. The number of pyridine rings is 1. The number of nitrogens with two attached hydrogens (primary N) is 1. The molecule has 0 bridgehead atoms. The summed E-state index contributed by atoms with van der Waals surface area (Å²) < 4.78 is 0. The van der Waals surface area contributed by atoms with Crippen molar-refractivity contribution >= 4 is 11.7 Å². The highest BCUT2D eigenvalue weighted by Crippen LogP contribution is 2.27. The molecule has 4 heteroatoms. The molecule has 1 aliphatic rings. The minimum Gasteiger partial charge on any atom is -0.384 e. The van der Waals surface area contributed by atoms with Crippen molar-refractivity contribution in [3.8, 4) is 0 Å². The highest BCUT2D eigenvalue weighted by molar-refractivity contribution is 5.93. The van der Waals surface area contributed by atoms with Crippen molar-refractivity contribution in [1.82, 2.24) is 10.3 Å². The van der Waals surface area contributed by atoms with E-state index in [4.69, 9.17) is 5.73 Å². The molecule has 0 aromatic carbocycles. The van der Waals surface area contributed by atoms with Gasteiger partial charge in [-0.25, -0.2) is 4.98 Å². The normalized spacial score (nSPS) is 23.6. The molecule has 0 aliphatic heterocycles. The first-order valence-electron chi connectivity index (χ1n) is 6.65. The average Bonchev–Trinajstić information content (AvgIpc) is 2.38. The number of nitrogens with zero attached hydrogens (tertiary/aromatic N) is 1.